The monoisotopic (exact) mass is 621 g/mol. The molecule has 6 heteroatoms. The molecule has 4 aromatic carbocycles. The van der Waals surface area contributed by atoms with Crippen LogP contribution < -0.4 is 4.74 Å². The fraction of sp³-hybridized carbons (Fsp3) is 0.385. The van der Waals surface area contributed by atoms with Crippen LogP contribution in [-0.2, 0) is 40.6 Å². The lowest BCUT2D eigenvalue weighted by Crippen LogP contribution is -2.46. The zero-order valence-electron chi connectivity index (χ0n) is 26.1. The smallest absolute Gasteiger partial charge is 0.339 e. The summed E-state index contributed by atoms with van der Waals surface area (Å²) in [4.78, 5) is 0. The summed E-state index contributed by atoms with van der Waals surface area (Å²) in [5.41, 5.74) is 5.79. The number of benzene rings is 4. The molecule has 4 aromatic rings. The van der Waals surface area contributed by atoms with Crippen LogP contribution in [0.15, 0.2) is 109 Å². The molecular formula is C39H43NO4S. The van der Waals surface area contributed by atoms with Gasteiger partial charge >= 0.3 is 10.3 Å². The summed E-state index contributed by atoms with van der Waals surface area (Å²) < 4.78 is 42.0. The quantitative estimate of drug-likeness (QED) is 0.178. The first-order valence-corrected chi connectivity index (χ1v) is 17.8. The highest BCUT2D eigenvalue weighted by Crippen LogP contribution is 2.62. The number of hydrogen-bond donors (Lipinski definition) is 0. The molecule has 5 atom stereocenters. The molecule has 0 N–H and O–H groups in total. The van der Waals surface area contributed by atoms with Crippen LogP contribution in [0.4, 0.5) is 0 Å². The van der Waals surface area contributed by atoms with Crippen LogP contribution in [0, 0.1) is 17.3 Å². The summed E-state index contributed by atoms with van der Waals surface area (Å²) in [5.74, 6) is 2.45. The highest BCUT2D eigenvalue weighted by molar-refractivity contribution is 7.84. The zero-order valence-corrected chi connectivity index (χ0v) is 26.9. The molecule has 0 heterocycles. The Morgan fingerprint density at radius 1 is 0.756 bits per heavy atom. The summed E-state index contributed by atoms with van der Waals surface area (Å²) in [6, 6.07) is 36.6. The van der Waals surface area contributed by atoms with Crippen molar-refractivity contribution < 1.29 is 17.3 Å². The third-order valence-electron chi connectivity index (χ3n) is 10.8. The summed E-state index contributed by atoms with van der Waals surface area (Å²) in [6.07, 6.45) is 5.70. The average Bonchev–Trinajstić information content (AvgIpc) is 3.39. The molecular weight excluding hydrogens is 578 g/mol. The van der Waals surface area contributed by atoms with Crippen LogP contribution in [0.3, 0.4) is 0 Å². The van der Waals surface area contributed by atoms with Crippen molar-refractivity contribution in [1.29, 1.82) is 0 Å². The molecule has 0 radical (unpaired) electrons. The van der Waals surface area contributed by atoms with Crippen molar-refractivity contribution in [3.05, 3.63) is 137 Å². The zero-order chi connectivity index (χ0) is 30.9. The fourth-order valence-electron chi connectivity index (χ4n) is 8.50. The van der Waals surface area contributed by atoms with Gasteiger partial charge in [-0.2, -0.15) is 12.7 Å². The van der Waals surface area contributed by atoms with Gasteiger partial charge in [-0.15, -0.1) is 0 Å². The van der Waals surface area contributed by atoms with Gasteiger partial charge in [-0.05, 0) is 102 Å². The van der Waals surface area contributed by atoms with Crippen LogP contribution in [0.25, 0.3) is 0 Å². The lowest BCUT2D eigenvalue weighted by atomic mass is 9.55. The van der Waals surface area contributed by atoms with Gasteiger partial charge in [0.15, 0.2) is 0 Å². The van der Waals surface area contributed by atoms with Gasteiger partial charge in [-0.3, -0.25) is 4.18 Å². The molecule has 2 saturated carbocycles. The number of aryl methyl sites for hydroxylation is 1. The van der Waals surface area contributed by atoms with Crippen LogP contribution in [0.1, 0.15) is 72.8 Å². The van der Waals surface area contributed by atoms with Gasteiger partial charge in [0.05, 0.1) is 6.10 Å². The van der Waals surface area contributed by atoms with E-state index in [2.05, 4.69) is 37.3 Å². The van der Waals surface area contributed by atoms with E-state index >= 15 is 0 Å². The van der Waals surface area contributed by atoms with Crippen LogP contribution >= 0.6 is 0 Å². The van der Waals surface area contributed by atoms with Gasteiger partial charge < -0.3 is 4.74 Å². The van der Waals surface area contributed by atoms with E-state index in [-0.39, 0.29) is 24.6 Å². The summed E-state index contributed by atoms with van der Waals surface area (Å²) >= 11 is 0. The topological polar surface area (TPSA) is 55.8 Å². The van der Waals surface area contributed by atoms with Crippen molar-refractivity contribution in [3.63, 3.8) is 0 Å². The maximum Gasteiger partial charge on any atom is 0.339 e. The van der Waals surface area contributed by atoms with Gasteiger partial charge in [0.1, 0.15) is 12.4 Å². The highest BCUT2D eigenvalue weighted by atomic mass is 32.2. The Morgan fingerprint density at radius 3 is 2.02 bits per heavy atom. The molecule has 0 saturated heterocycles. The Morgan fingerprint density at radius 2 is 1.38 bits per heavy atom. The molecule has 2 fully saturated rings. The molecule has 234 valence electrons. The molecule has 7 rings (SSSR count). The molecule has 0 unspecified atom stereocenters. The van der Waals surface area contributed by atoms with Gasteiger partial charge in [-0.25, -0.2) is 0 Å². The van der Waals surface area contributed by atoms with Gasteiger partial charge in [0, 0.05) is 13.1 Å². The first-order chi connectivity index (χ1) is 21.9. The van der Waals surface area contributed by atoms with Crippen molar-refractivity contribution in [2.24, 2.45) is 17.3 Å². The largest absolute Gasteiger partial charge is 0.489 e. The normalized spacial score (nSPS) is 25.7. The van der Waals surface area contributed by atoms with E-state index in [1.165, 1.54) is 21.0 Å². The average molecular weight is 622 g/mol. The van der Waals surface area contributed by atoms with E-state index in [9.17, 15) is 8.42 Å². The summed E-state index contributed by atoms with van der Waals surface area (Å²) in [7, 11) is -3.98. The predicted octanol–water partition coefficient (Wildman–Crippen LogP) is 8.45. The standard InChI is InChI=1S/C39H43NO4S/c1-39-24-23-35-34-20-18-33(43-28-31-15-9-4-10-16-31)25-32(34)17-19-36(35)37(39)21-22-38(39)44-45(41,42)40(26-29-11-5-2-6-12-29)27-30-13-7-3-8-14-30/h2-16,18,20,25,35-38H,17,19,21-24,26-28H2,1H3/t35-,36-,37+,38+,39+/m1/s1. The van der Waals surface area contributed by atoms with E-state index in [4.69, 9.17) is 8.92 Å². The maximum atomic E-state index is 14.0. The number of fused-ring (bicyclic) bond motifs is 5. The van der Waals surface area contributed by atoms with Crippen molar-refractivity contribution >= 4 is 10.3 Å². The molecule has 3 aliphatic rings. The fourth-order valence-corrected chi connectivity index (χ4v) is 9.84. The second kappa shape index (κ2) is 12.7. The molecule has 0 spiro atoms. The molecule has 0 bridgehead atoms. The lowest BCUT2D eigenvalue weighted by molar-refractivity contribution is -0.0114. The number of ether oxygens (including phenoxy) is 1. The summed E-state index contributed by atoms with van der Waals surface area (Å²) in [6.45, 7) is 3.44. The predicted molar refractivity (Wildman–Crippen MR) is 178 cm³/mol. The molecule has 3 aliphatic carbocycles. The second-order valence-corrected chi connectivity index (χ2v) is 15.0. The van der Waals surface area contributed by atoms with Crippen molar-refractivity contribution in [2.75, 3.05) is 0 Å². The van der Waals surface area contributed by atoms with Crippen molar-refractivity contribution in [2.45, 2.75) is 77.2 Å². The highest BCUT2D eigenvalue weighted by Gasteiger charge is 2.56. The second-order valence-electron chi connectivity index (χ2n) is 13.5. The first-order valence-electron chi connectivity index (χ1n) is 16.4. The van der Waals surface area contributed by atoms with Crippen LogP contribution in [0.2, 0.25) is 0 Å². The van der Waals surface area contributed by atoms with Crippen molar-refractivity contribution in [3.8, 4) is 5.75 Å². The Balaban J connectivity index is 1.06. The van der Waals surface area contributed by atoms with E-state index in [0.29, 0.717) is 24.4 Å². The molecule has 0 amide bonds. The molecule has 45 heavy (non-hydrogen) atoms. The maximum absolute atomic E-state index is 14.0. The van der Waals surface area contributed by atoms with Gasteiger partial charge in [0.25, 0.3) is 0 Å². The SMILES string of the molecule is C[C@]12CC[C@@H]3c4ccc(OCc5ccccc5)cc4CC[C@H]3[C@@H]1CC[C@@H]2OS(=O)(=O)N(Cc1ccccc1)Cc1ccccc1. The summed E-state index contributed by atoms with van der Waals surface area (Å²) in [5, 5.41) is 0. The van der Waals surface area contributed by atoms with Gasteiger partial charge in [-0.1, -0.05) is 104 Å². The Hall–Kier alpha value is -3.45. The third-order valence-corrected chi connectivity index (χ3v) is 12.2. The Kier molecular flexibility index (Phi) is 8.56. The molecule has 5 nitrogen and oxygen atoms in total. The third kappa shape index (κ3) is 6.33. The number of hydrogen-bond acceptors (Lipinski definition) is 4. The minimum atomic E-state index is -3.98. The molecule has 0 aliphatic heterocycles. The Bertz CT molecular complexity index is 1650. The molecule has 0 aromatic heterocycles. The first kappa shape index (κ1) is 30.2. The van der Waals surface area contributed by atoms with E-state index < -0.39 is 10.3 Å². The van der Waals surface area contributed by atoms with Crippen LogP contribution in [0.5, 0.6) is 5.75 Å². The Labute approximate surface area is 268 Å². The lowest BCUT2D eigenvalue weighted by Gasteiger charge is -2.50. The number of rotatable bonds is 10. The van der Waals surface area contributed by atoms with Gasteiger partial charge in [0.2, 0.25) is 0 Å². The van der Waals surface area contributed by atoms with E-state index in [1.54, 1.807) is 0 Å². The minimum absolute atomic E-state index is 0.157. The van der Waals surface area contributed by atoms with Crippen LogP contribution in [-0.4, -0.2) is 18.8 Å². The minimum Gasteiger partial charge on any atom is -0.489 e. The van der Waals surface area contributed by atoms with Crippen molar-refractivity contribution in [1.82, 2.24) is 4.31 Å². The van der Waals surface area contributed by atoms with E-state index in [0.717, 1.165) is 55.4 Å². The number of nitrogens with zero attached hydrogens (tertiary/aromatic N) is 1. The van der Waals surface area contributed by atoms with E-state index in [1.807, 2.05) is 78.9 Å².